The molecule has 0 unspecified atom stereocenters. The number of H-pyrrole nitrogens is 1. The van der Waals surface area contributed by atoms with Gasteiger partial charge in [-0.2, -0.15) is 8.78 Å². The molecule has 0 saturated carbocycles. The number of aromatic nitrogens is 2. The van der Waals surface area contributed by atoms with E-state index in [0.29, 0.717) is 0 Å². The normalized spacial score (nSPS) is 21.6. The zero-order valence-corrected chi connectivity index (χ0v) is 15.1. The molecule has 1 aromatic heterocycles. The quantitative estimate of drug-likeness (QED) is 0.727. The lowest BCUT2D eigenvalue weighted by Gasteiger charge is -2.29. The van der Waals surface area contributed by atoms with E-state index < -0.39 is 36.8 Å². The van der Waals surface area contributed by atoms with Gasteiger partial charge in [0, 0.05) is 11.8 Å². The van der Waals surface area contributed by atoms with Crippen LogP contribution >= 0.6 is 7.60 Å². The Morgan fingerprint density at radius 3 is 2.48 bits per heavy atom. The Kier molecular flexibility index (Phi) is 5.98. The number of hydrogen-bond donors (Lipinski definition) is 1. The van der Waals surface area contributed by atoms with Crippen LogP contribution in [0.4, 0.5) is 8.78 Å². The Morgan fingerprint density at radius 2 is 1.92 bits per heavy atom. The van der Waals surface area contributed by atoms with E-state index in [1.165, 1.54) is 27.0 Å². The molecular formula is C14H21F2N2O6P. The molecule has 0 aliphatic carbocycles. The molecule has 0 amide bonds. The molecule has 1 aliphatic rings. The Bertz CT molecular complexity index is 767. The number of ether oxygens (including phenoxy) is 1. The predicted molar refractivity (Wildman–Crippen MR) is 85.0 cm³/mol. The molecule has 2 heterocycles. The van der Waals surface area contributed by atoms with Gasteiger partial charge in [0.05, 0.1) is 13.2 Å². The van der Waals surface area contributed by atoms with Gasteiger partial charge in [-0.3, -0.25) is 18.9 Å². The van der Waals surface area contributed by atoms with Crippen molar-refractivity contribution in [3.05, 3.63) is 32.6 Å². The first-order valence-electron chi connectivity index (χ1n) is 7.90. The van der Waals surface area contributed by atoms with Crippen LogP contribution in [0.5, 0.6) is 0 Å². The number of alkyl halides is 2. The van der Waals surface area contributed by atoms with Gasteiger partial charge in [0.1, 0.15) is 12.3 Å². The third-order valence-corrected chi connectivity index (χ3v) is 6.02. The minimum atomic E-state index is -4.72. The smallest absolute Gasteiger partial charge is 0.348 e. The third kappa shape index (κ3) is 3.76. The average molecular weight is 382 g/mol. The topological polar surface area (TPSA) is 99.6 Å². The van der Waals surface area contributed by atoms with E-state index in [1.807, 2.05) is 0 Å². The molecule has 0 bridgehead atoms. The van der Waals surface area contributed by atoms with Gasteiger partial charge in [-0.15, -0.1) is 0 Å². The van der Waals surface area contributed by atoms with Crippen molar-refractivity contribution < 1.29 is 27.1 Å². The highest BCUT2D eigenvalue weighted by molar-refractivity contribution is 7.55. The Hall–Kier alpha value is -1.35. The van der Waals surface area contributed by atoms with Gasteiger partial charge < -0.3 is 13.8 Å². The summed E-state index contributed by atoms with van der Waals surface area (Å²) in [7, 11) is -4.72. The number of nitrogens with zero attached hydrogens (tertiary/aromatic N) is 1. The van der Waals surface area contributed by atoms with Gasteiger partial charge in [0.15, 0.2) is 0 Å². The SMILES string of the molecule is CCOP(=O)(OCC)C(F)(F)[C@@H]1CC[C@@H](n2cc(C)c(=O)[nH]c2=O)O1. The van der Waals surface area contributed by atoms with Crippen LogP contribution in [-0.4, -0.2) is 34.5 Å². The van der Waals surface area contributed by atoms with E-state index in [-0.39, 0.29) is 31.6 Å². The molecule has 2 rings (SSSR count). The van der Waals surface area contributed by atoms with E-state index in [1.54, 1.807) is 0 Å². The summed E-state index contributed by atoms with van der Waals surface area (Å²) in [5.74, 6) is 0. The summed E-state index contributed by atoms with van der Waals surface area (Å²) in [6.45, 7) is 3.93. The van der Waals surface area contributed by atoms with Crippen LogP contribution in [0.3, 0.4) is 0 Å². The second kappa shape index (κ2) is 7.49. The van der Waals surface area contributed by atoms with Gasteiger partial charge in [0.25, 0.3) is 5.56 Å². The monoisotopic (exact) mass is 382 g/mol. The standard InChI is InChI=1S/C14H21F2N2O6P/c1-4-22-25(21,23-5-2)14(15,16)10-6-7-11(24-10)18-8-9(3)12(19)17-13(18)20/h8,10-11H,4-7H2,1-3H3,(H,17,19,20)/t10-,11-/m0/s1. The number of aromatic amines is 1. The van der Waals surface area contributed by atoms with Crippen LogP contribution in [0.25, 0.3) is 0 Å². The van der Waals surface area contributed by atoms with Crippen molar-refractivity contribution in [1.29, 1.82) is 0 Å². The van der Waals surface area contributed by atoms with Crippen molar-refractivity contribution in [1.82, 2.24) is 9.55 Å². The molecule has 2 atom stereocenters. The zero-order chi connectivity index (χ0) is 18.8. The average Bonchev–Trinajstić information content (AvgIpc) is 3.01. The summed E-state index contributed by atoms with van der Waals surface area (Å²) in [6, 6.07) is 0. The molecule has 0 aromatic carbocycles. The lowest BCUT2D eigenvalue weighted by Crippen LogP contribution is -2.37. The van der Waals surface area contributed by atoms with Crippen LogP contribution in [0.15, 0.2) is 15.8 Å². The largest absolute Gasteiger partial charge is 0.402 e. The maximum Gasteiger partial charge on any atom is 0.402 e. The van der Waals surface area contributed by atoms with E-state index in [0.717, 1.165) is 4.57 Å². The number of halogens is 2. The zero-order valence-electron chi connectivity index (χ0n) is 14.2. The molecular weight excluding hydrogens is 361 g/mol. The van der Waals surface area contributed by atoms with Crippen LogP contribution in [0, 0.1) is 6.92 Å². The highest BCUT2D eigenvalue weighted by atomic mass is 31.2. The molecule has 1 saturated heterocycles. The molecule has 1 aliphatic heterocycles. The molecule has 25 heavy (non-hydrogen) atoms. The van der Waals surface area contributed by atoms with Gasteiger partial charge >= 0.3 is 18.9 Å². The second-order valence-electron chi connectivity index (χ2n) is 5.56. The summed E-state index contributed by atoms with van der Waals surface area (Å²) >= 11 is 0. The first kappa shape index (κ1) is 20.0. The van der Waals surface area contributed by atoms with E-state index in [4.69, 9.17) is 13.8 Å². The Balaban J connectivity index is 2.27. The number of rotatable bonds is 7. The van der Waals surface area contributed by atoms with E-state index in [9.17, 15) is 22.9 Å². The molecule has 142 valence electrons. The summed E-state index contributed by atoms with van der Waals surface area (Å²) in [4.78, 5) is 25.4. The van der Waals surface area contributed by atoms with Crippen molar-refractivity contribution >= 4 is 7.60 Å². The summed E-state index contributed by atoms with van der Waals surface area (Å²) in [5, 5.41) is 0. The van der Waals surface area contributed by atoms with Crippen LogP contribution in [0.1, 0.15) is 38.5 Å². The number of nitrogens with one attached hydrogen (secondary N) is 1. The Labute approximate surface area is 142 Å². The molecule has 1 N–H and O–H groups in total. The summed E-state index contributed by atoms with van der Waals surface area (Å²) < 4.78 is 57.6. The van der Waals surface area contributed by atoms with Crippen LogP contribution in [-0.2, 0) is 18.3 Å². The second-order valence-corrected chi connectivity index (χ2v) is 7.66. The maximum absolute atomic E-state index is 14.7. The van der Waals surface area contributed by atoms with Crippen molar-refractivity contribution in [2.45, 2.75) is 51.6 Å². The van der Waals surface area contributed by atoms with Crippen molar-refractivity contribution in [2.75, 3.05) is 13.2 Å². The van der Waals surface area contributed by atoms with Crippen molar-refractivity contribution in [3.8, 4) is 0 Å². The van der Waals surface area contributed by atoms with Crippen molar-refractivity contribution in [3.63, 3.8) is 0 Å². The molecule has 8 nitrogen and oxygen atoms in total. The predicted octanol–water partition coefficient (Wildman–Crippen LogP) is 2.38. The fourth-order valence-electron chi connectivity index (χ4n) is 2.61. The van der Waals surface area contributed by atoms with E-state index in [2.05, 4.69) is 4.98 Å². The lowest BCUT2D eigenvalue weighted by atomic mass is 10.2. The van der Waals surface area contributed by atoms with Crippen LogP contribution < -0.4 is 11.2 Å². The minimum absolute atomic E-state index is 0.0872. The molecule has 1 aromatic rings. The molecule has 11 heteroatoms. The fraction of sp³-hybridized carbons (Fsp3) is 0.714. The summed E-state index contributed by atoms with van der Waals surface area (Å²) in [5.41, 5.74) is -4.94. The fourth-order valence-corrected chi connectivity index (χ4v) is 4.25. The summed E-state index contributed by atoms with van der Waals surface area (Å²) in [6.07, 6.45) is -1.55. The highest BCUT2D eigenvalue weighted by Crippen LogP contribution is 2.65. The first-order valence-corrected chi connectivity index (χ1v) is 9.45. The lowest BCUT2D eigenvalue weighted by molar-refractivity contribution is -0.111. The minimum Gasteiger partial charge on any atom is -0.348 e. The Morgan fingerprint density at radius 1 is 1.32 bits per heavy atom. The number of aryl methyl sites for hydroxylation is 1. The van der Waals surface area contributed by atoms with Gasteiger partial charge in [-0.25, -0.2) is 4.79 Å². The highest BCUT2D eigenvalue weighted by Gasteiger charge is 2.61. The van der Waals surface area contributed by atoms with Crippen molar-refractivity contribution in [2.24, 2.45) is 0 Å². The third-order valence-electron chi connectivity index (χ3n) is 3.80. The first-order chi connectivity index (χ1) is 11.7. The maximum atomic E-state index is 14.7. The number of hydrogen-bond acceptors (Lipinski definition) is 6. The van der Waals surface area contributed by atoms with Gasteiger partial charge in [0.2, 0.25) is 0 Å². The van der Waals surface area contributed by atoms with Crippen LogP contribution in [0.2, 0.25) is 0 Å². The molecule has 1 fully saturated rings. The molecule has 0 spiro atoms. The molecule has 0 radical (unpaired) electrons. The van der Waals surface area contributed by atoms with Gasteiger partial charge in [-0.05, 0) is 33.6 Å². The van der Waals surface area contributed by atoms with E-state index >= 15 is 0 Å². The van der Waals surface area contributed by atoms with Gasteiger partial charge in [-0.1, -0.05) is 0 Å².